The minimum absolute atomic E-state index is 0. The minimum Gasteiger partial charge on any atom is -0.480 e. The highest BCUT2D eigenvalue weighted by molar-refractivity contribution is 7.98. The third-order valence-corrected chi connectivity index (χ3v) is 5.65. The molecule has 1 aliphatic rings. The van der Waals surface area contributed by atoms with Crippen molar-refractivity contribution in [2.24, 2.45) is 23.3 Å². The van der Waals surface area contributed by atoms with E-state index >= 15 is 0 Å². The van der Waals surface area contributed by atoms with Gasteiger partial charge in [0.25, 0.3) is 0 Å². The lowest BCUT2D eigenvalue weighted by atomic mass is 9.66. The number of nitrogens with one attached hydrogen (secondary N) is 1. The van der Waals surface area contributed by atoms with Crippen LogP contribution in [-0.2, 0) is 9.59 Å². The van der Waals surface area contributed by atoms with Crippen LogP contribution in [0.1, 0.15) is 32.1 Å². The van der Waals surface area contributed by atoms with Crippen molar-refractivity contribution < 1.29 is 24.7 Å². The molecule has 27 heavy (non-hydrogen) atoms. The normalized spacial score (nSPS) is 25.5. The number of thioether (sulfide) groups is 1. The van der Waals surface area contributed by atoms with Gasteiger partial charge in [-0.3, -0.25) is 9.59 Å². The molecule has 1 saturated carbocycles. The van der Waals surface area contributed by atoms with Crippen LogP contribution < -0.4 is 16.8 Å². The van der Waals surface area contributed by atoms with E-state index in [1.807, 2.05) is 6.26 Å². The summed E-state index contributed by atoms with van der Waals surface area (Å²) in [5, 5.41) is 30.3. The molecule has 0 radical (unpaired) electrons. The van der Waals surface area contributed by atoms with Crippen molar-refractivity contribution in [1.82, 2.24) is 5.32 Å². The summed E-state index contributed by atoms with van der Waals surface area (Å²) >= 11 is 1.61. The van der Waals surface area contributed by atoms with E-state index in [1.165, 1.54) is 0 Å². The number of hydrogen-bond acceptors (Lipinski definition) is 7. The fourth-order valence-corrected chi connectivity index (χ4v) is 3.84. The number of halogens is 2. The molecule has 0 aromatic rings. The second-order valence-corrected chi connectivity index (χ2v) is 7.87. The Bertz CT molecular complexity index is 467. The van der Waals surface area contributed by atoms with Crippen LogP contribution in [0.5, 0.6) is 0 Å². The smallest absolute Gasteiger partial charge is 0.451 e. The Kier molecular flexibility index (Phi) is 14.9. The molecule has 1 amide bonds. The summed E-state index contributed by atoms with van der Waals surface area (Å²) in [4.78, 5) is 23.8. The summed E-state index contributed by atoms with van der Waals surface area (Å²) in [5.74, 6) is -0.942. The van der Waals surface area contributed by atoms with Crippen molar-refractivity contribution in [1.29, 1.82) is 0 Å². The number of carboxylic acid groups (broad SMARTS) is 1. The van der Waals surface area contributed by atoms with Gasteiger partial charge in [-0.15, -0.1) is 24.8 Å². The Morgan fingerprint density at radius 3 is 2.48 bits per heavy atom. The quantitative estimate of drug-likeness (QED) is 0.257. The fourth-order valence-electron chi connectivity index (χ4n) is 3.35. The van der Waals surface area contributed by atoms with Crippen LogP contribution in [0.15, 0.2) is 0 Å². The molecule has 0 heterocycles. The molecular weight excluding hydrogens is 416 g/mol. The largest absolute Gasteiger partial charge is 0.480 e. The van der Waals surface area contributed by atoms with Gasteiger partial charge in [0, 0.05) is 12.5 Å². The van der Waals surface area contributed by atoms with E-state index in [-0.39, 0.29) is 61.8 Å². The van der Waals surface area contributed by atoms with Gasteiger partial charge in [-0.1, -0.05) is 6.42 Å². The predicted octanol–water partition coefficient (Wildman–Crippen LogP) is 0.0879. The van der Waals surface area contributed by atoms with E-state index in [0.717, 1.165) is 12.2 Å². The number of carbonyl (C=O) groups is 2. The van der Waals surface area contributed by atoms with Gasteiger partial charge >= 0.3 is 13.1 Å². The topological polar surface area (TPSA) is 159 Å². The molecule has 8 nitrogen and oxygen atoms in total. The third kappa shape index (κ3) is 9.21. The van der Waals surface area contributed by atoms with Crippen LogP contribution in [0, 0.1) is 11.8 Å². The van der Waals surface area contributed by atoms with Gasteiger partial charge < -0.3 is 31.9 Å². The maximum absolute atomic E-state index is 12.0. The maximum Gasteiger partial charge on any atom is 0.451 e. The van der Waals surface area contributed by atoms with E-state index in [9.17, 15) is 14.7 Å². The highest BCUT2D eigenvalue weighted by atomic mass is 35.5. The van der Waals surface area contributed by atoms with Crippen LogP contribution in [-0.4, -0.2) is 64.3 Å². The number of carboxylic acids is 1. The molecule has 0 aromatic heterocycles. The van der Waals surface area contributed by atoms with Gasteiger partial charge in [0.2, 0.25) is 5.91 Å². The van der Waals surface area contributed by atoms with Crippen molar-refractivity contribution in [2.75, 3.05) is 18.6 Å². The predicted molar refractivity (Wildman–Crippen MR) is 113 cm³/mol. The number of amides is 1. The summed E-state index contributed by atoms with van der Waals surface area (Å²) in [6, 6.07) is -0.605. The van der Waals surface area contributed by atoms with Crippen molar-refractivity contribution in [3.8, 4) is 0 Å². The van der Waals surface area contributed by atoms with Gasteiger partial charge in [0.15, 0.2) is 0 Å². The van der Waals surface area contributed by atoms with Crippen LogP contribution in [0.3, 0.4) is 0 Å². The zero-order valence-corrected chi connectivity index (χ0v) is 18.0. The van der Waals surface area contributed by atoms with Gasteiger partial charge in [0.05, 0.1) is 6.04 Å². The minimum atomic E-state index is -1.43. The third-order valence-electron chi connectivity index (χ3n) is 5.00. The molecule has 1 aliphatic carbocycles. The first-order valence-corrected chi connectivity index (χ1v) is 10.0. The first-order chi connectivity index (χ1) is 11.7. The number of rotatable bonds is 10. The molecular formula is C15H32BCl2N3O5S. The van der Waals surface area contributed by atoms with E-state index in [1.54, 1.807) is 11.8 Å². The van der Waals surface area contributed by atoms with Gasteiger partial charge in [0.1, 0.15) is 5.54 Å². The monoisotopic (exact) mass is 447 g/mol. The highest BCUT2D eigenvalue weighted by Gasteiger charge is 2.47. The van der Waals surface area contributed by atoms with Crippen LogP contribution in [0.25, 0.3) is 0 Å². The second kappa shape index (κ2) is 13.9. The fraction of sp³-hybridized carbons (Fsp3) is 0.867. The Hall–Kier alpha value is -0.225. The molecule has 160 valence electrons. The molecule has 1 fully saturated rings. The number of aliphatic carboxylic acids is 1. The lowest BCUT2D eigenvalue weighted by molar-refractivity contribution is -0.148. The van der Waals surface area contributed by atoms with E-state index in [0.29, 0.717) is 19.3 Å². The Labute approximate surface area is 177 Å². The lowest BCUT2D eigenvalue weighted by Gasteiger charge is -2.41. The molecule has 0 spiro atoms. The Morgan fingerprint density at radius 2 is 1.96 bits per heavy atom. The van der Waals surface area contributed by atoms with Gasteiger partial charge in [-0.05, 0) is 49.9 Å². The summed E-state index contributed by atoms with van der Waals surface area (Å²) in [6.07, 6.45) is 4.79. The van der Waals surface area contributed by atoms with Crippen LogP contribution in [0.2, 0.25) is 6.32 Å². The molecule has 1 rings (SSSR count). The summed E-state index contributed by atoms with van der Waals surface area (Å²) in [6.45, 7) is 0.184. The summed E-state index contributed by atoms with van der Waals surface area (Å²) in [7, 11) is -1.39. The van der Waals surface area contributed by atoms with Gasteiger partial charge in [-0.2, -0.15) is 11.8 Å². The lowest BCUT2D eigenvalue weighted by Crippen LogP contribution is -2.60. The Balaban J connectivity index is 0. The van der Waals surface area contributed by atoms with Crippen LogP contribution in [0.4, 0.5) is 0 Å². The molecule has 0 unspecified atom stereocenters. The van der Waals surface area contributed by atoms with Crippen molar-refractivity contribution in [3.63, 3.8) is 0 Å². The molecule has 0 aromatic carbocycles. The van der Waals surface area contributed by atoms with E-state index < -0.39 is 24.7 Å². The SMILES string of the molecule is CSCC[C@H](N)C(=O)NC[C@@H]1CC[C@@H](CCB(O)O)C[C@]1(N)C(=O)O.Cl.Cl. The van der Waals surface area contributed by atoms with Crippen molar-refractivity contribution in [3.05, 3.63) is 0 Å². The molecule has 0 aliphatic heterocycles. The molecule has 8 N–H and O–H groups in total. The number of carbonyl (C=O) groups excluding carboxylic acids is 1. The molecule has 12 heteroatoms. The summed E-state index contributed by atoms with van der Waals surface area (Å²) < 4.78 is 0. The van der Waals surface area contributed by atoms with Gasteiger partial charge in [-0.25, -0.2) is 0 Å². The maximum atomic E-state index is 12.0. The second-order valence-electron chi connectivity index (χ2n) is 6.88. The molecule has 0 saturated heterocycles. The average molecular weight is 448 g/mol. The highest BCUT2D eigenvalue weighted by Crippen LogP contribution is 2.38. The average Bonchev–Trinajstić information content (AvgIpc) is 2.56. The standard InChI is InChI=1S/C15H30BN3O5S.2ClH/c1-25-7-5-12(17)13(20)19-9-11-3-2-10(4-6-16(23)24)8-15(11,18)14(21)22;;/h10-12,23-24H,2-9,17-18H2,1H3,(H,19,20)(H,21,22);2*1H/t10-,11-,12-,15+;;/m0../s1. The summed E-state index contributed by atoms with van der Waals surface area (Å²) in [5.41, 5.74) is 10.6. The number of nitrogens with two attached hydrogens (primary N) is 2. The van der Waals surface area contributed by atoms with Crippen molar-refractivity contribution in [2.45, 2.75) is 50.0 Å². The molecule has 4 atom stereocenters. The van der Waals surface area contributed by atoms with E-state index in [2.05, 4.69) is 5.32 Å². The molecule has 0 bridgehead atoms. The number of hydrogen-bond donors (Lipinski definition) is 6. The first kappa shape index (κ1) is 29.0. The first-order valence-electron chi connectivity index (χ1n) is 8.61. The van der Waals surface area contributed by atoms with E-state index in [4.69, 9.17) is 21.5 Å². The zero-order valence-electron chi connectivity index (χ0n) is 15.5. The Morgan fingerprint density at radius 1 is 1.33 bits per heavy atom. The zero-order chi connectivity index (χ0) is 19.0. The van der Waals surface area contributed by atoms with Crippen LogP contribution >= 0.6 is 36.6 Å². The van der Waals surface area contributed by atoms with Crippen molar-refractivity contribution >= 4 is 55.6 Å².